The Hall–Kier alpha value is -2.87. The lowest BCUT2D eigenvalue weighted by Crippen LogP contribution is -2.33. The van der Waals surface area contributed by atoms with E-state index in [1.54, 1.807) is 43.3 Å². The van der Waals surface area contributed by atoms with Crippen molar-refractivity contribution in [2.75, 3.05) is 17.6 Å². The standard InChI is InChI=1S/C20H21NO6S/c1-3-26-20(23)19-16(18-8-5-9-27-18)11-14(12-17(19)22)13-6-4-7-15(10-13)21-28(2,24)25/h4-10,12,16,19,21H,3,11H2,1-2H3/t16-,19+/m1/s1. The molecule has 1 aliphatic rings. The fraction of sp³-hybridized carbons (Fsp3) is 0.300. The molecular weight excluding hydrogens is 382 g/mol. The first kappa shape index (κ1) is 19.9. The Morgan fingerprint density at radius 1 is 1.29 bits per heavy atom. The number of nitrogens with one attached hydrogen (secondary N) is 1. The van der Waals surface area contributed by atoms with E-state index >= 15 is 0 Å². The summed E-state index contributed by atoms with van der Waals surface area (Å²) in [5.74, 6) is -1.86. The molecule has 2 aromatic rings. The van der Waals surface area contributed by atoms with Gasteiger partial charge in [-0.3, -0.25) is 14.3 Å². The summed E-state index contributed by atoms with van der Waals surface area (Å²) in [6, 6.07) is 10.2. The molecule has 0 aliphatic heterocycles. The van der Waals surface area contributed by atoms with Gasteiger partial charge in [0.05, 0.1) is 19.1 Å². The van der Waals surface area contributed by atoms with Crippen molar-refractivity contribution in [2.24, 2.45) is 5.92 Å². The highest BCUT2D eigenvalue weighted by Gasteiger charge is 2.41. The van der Waals surface area contributed by atoms with Gasteiger partial charge in [0.2, 0.25) is 10.0 Å². The first-order valence-corrected chi connectivity index (χ1v) is 10.7. The van der Waals surface area contributed by atoms with Crippen LogP contribution in [0.5, 0.6) is 0 Å². The molecule has 0 amide bonds. The third-order valence-corrected chi connectivity index (χ3v) is 5.06. The minimum absolute atomic E-state index is 0.184. The van der Waals surface area contributed by atoms with Gasteiger partial charge in [-0.25, -0.2) is 8.42 Å². The highest BCUT2D eigenvalue weighted by molar-refractivity contribution is 7.92. The summed E-state index contributed by atoms with van der Waals surface area (Å²) in [4.78, 5) is 25.2. The number of furan rings is 1. The Morgan fingerprint density at radius 3 is 2.71 bits per heavy atom. The molecule has 0 fully saturated rings. The number of carbonyl (C=O) groups excluding carboxylic acids is 2. The quantitative estimate of drug-likeness (QED) is 0.588. The summed E-state index contributed by atoms with van der Waals surface area (Å²) in [6.45, 7) is 1.87. The Labute approximate surface area is 163 Å². The zero-order valence-corrected chi connectivity index (χ0v) is 16.4. The number of rotatable bonds is 6. The van der Waals surface area contributed by atoms with Crippen LogP contribution < -0.4 is 4.72 Å². The van der Waals surface area contributed by atoms with Crippen LogP contribution in [0.3, 0.4) is 0 Å². The van der Waals surface area contributed by atoms with Gasteiger partial charge in [0.25, 0.3) is 0 Å². The molecule has 0 bridgehead atoms. The maximum absolute atomic E-state index is 12.8. The Morgan fingerprint density at radius 2 is 2.07 bits per heavy atom. The van der Waals surface area contributed by atoms with Crippen LogP contribution in [0, 0.1) is 5.92 Å². The Balaban J connectivity index is 1.97. The summed E-state index contributed by atoms with van der Waals surface area (Å²) in [6.07, 6.45) is 4.38. The first-order valence-electron chi connectivity index (χ1n) is 8.81. The number of ketones is 1. The molecule has 0 radical (unpaired) electrons. The second kappa shape index (κ2) is 8.02. The molecule has 7 nitrogen and oxygen atoms in total. The number of carbonyl (C=O) groups is 2. The Bertz CT molecular complexity index is 1010. The zero-order chi connectivity index (χ0) is 20.3. The maximum Gasteiger partial charge on any atom is 0.317 e. The lowest BCUT2D eigenvalue weighted by molar-refractivity contribution is -0.151. The summed E-state index contributed by atoms with van der Waals surface area (Å²) in [5.41, 5.74) is 1.79. The van der Waals surface area contributed by atoms with E-state index in [-0.39, 0.29) is 12.4 Å². The van der Waals surface area contributed by atoms with Crippen molar-refractivity contribution in [3.63, 3.8) is 0 Å². The number of benzene rings is 1. The van der Waals surface area contributed by atoms with E-state index in [0.717, 1.165) is 6.26 Å². The molecule has 1 N–H and O–H groups in total. The summed E-state index contributed by atoms with van der Waals surface area (Å²) in [5, 5.41) is 0. The van der Waals surface area contributed by atoms with Crippen molar-refractivity contribution in [3.8, 4) is 0 Å². The van der Waals surface area contributed by atoms with Crippen LogP contribution in [-0.2, 0) is 24.3 Å². The van der Waals surface area contributed by atoms with Crippen molar-refractivity contribution in [1.29, 1.82) is 0 Å². The number of ether oxygens (including phenoxy) is 1. The van der Waals surface area contributed by atoms with Gasteiger partial charge in [-0.1, -0.05) is 12.1 Å². The largest absolute Gasteiger partial charge is 0.469 e. The molecule has 0 spiro atoms. The molecule has 0 saturated heterocycles. The third-order valence-electron chi connectivity index (χ3n) is 4.45. The van der Waals surface area contributed by atoms with Crippen LogP contribution in [0.25, 0.3) is 5.57 Å². The van der Waals surface area contributed by atoms with Crippen molar-refractivity contribution in [3.05, 3.63) is 60.1 Å². The minimum Gasteiger partial charge on any atom is -0.469 e. The van der Waals surface area contributed by atoms with Gasteiger partial charge in [-0.15, -0.1) is 0 Å². The van der Waals surface area contributed by atoms with Gasteiger partial charge in [-0.2, -0.15) is 0 Å². The maximum atomic E-state index is 12.8. The Kier molecular flexibility index (Phi) is 5.69. The molecule has 148 valence electrons. The molecule has 1 aromatic heterocycles. The van der Waals surface area contributed by atoms with Gasteiger partial charge in [0.15, 0.2) is 5.78 Å². The van der Waals surface area contributed by atoms with Crippen molar-refractivity contribution in [1.82, 2.24) is 0 Å². The molecule has 1 aliphatic carbocycles. The highest BCUT2D eigenvalue weighted by Crippen LogP contribution is 2.40. The van der Waals surface area contributed by atoms with Crippen LogP contribution in [0.4, 0.5) is 5.69 Å². The molecule has 3 rings (SSSR count). The lowest BCUT2D eigenvalue weighted by atomic mass is 9.75. The highest BCUT2D eigenvalue weighted by atomic mass is 32.2. The number of sulfonamides is 1. The van der Waals surface area contributed by atoms with Crippen LogP contribution in [-0.4, -0.2) is 33.0 Å². The van der Waals surface area contributed by atoms with E-state index in [2.05, 4.69) is 4.72 Å². The summed E-state index contributed by atoms with van der Waals surface area (Å²) >= 11 is 0. The van der Waals surface area contributed by atoms with E-state index in [4.69, 9.17) is 9.15 Å². The molecular formula is C20H21NO6S. The number of esters is 1. The second-order valence-corrected chi connectivity index (χ2v) is 8.33. The van der Waals surface area contributed by atoms with Gasteiger partial charge in [-0.05, 0) is 54.8 Å². The molecule has 0 saturated carbocycles. The van der Waals surface area contributed by atoms with E-state index in [1.165, 1.54) is 12.3 Å². The minimum atomic E-state index is -3.42. The number of hydrogen-bond donors (Lipinski definition) is 1. The van der Waals surface area contributed by atoms with E-state index in [0.29, 0.717) is 29.0 Å². The van der Waals surface area contributed by atoms with Gasteiger partial charge in [0.1, 0.15) is 11.7 Å². The van der Waals surface area contributed by atoms with Crippen LogP contribution in [0.1, 0.15) is 30.6 Å². The van der Waals surface area contributed by atoms with Crippen molar-refractivity contribution < 1.29 is 27.2 Å². The molecule has 2 atom stereocenters. The fourth-order valence-electron chi connectivity index (χ4n) is 3.35. The zero-order valence-electron chi connectivity index (χ0n) is 15.5. The number of hydrogen-bond acceptors (Lipinski definition) is 6. The van der Waals surface area contributed by atoms with Crippen molar-refractivity contribution >= 4 is 33.0 Å². The molecule has 1 heterocycles. The second-order valence-electron chi connectivity index (χ2n) is 6.58. The smallest absolute Gasteiger partial charge is 0.317 e. The molecule has 1 aromatic carbocycles. The van der Waals surface area contributed by atoms with E-state index in [9.17, 15) is 18.0 Å². The number of allylic oxidation sites excluding steroid dienone is 2. The van der Waals surface area contributed by atoms with Crippen molar-refractivity contribution in [2.45, 2.75) is 19.3 Å². The van der Waals surface area contributed by atoms with Gasteiger partial charge in [0, 0.05) is 11.6 Å². The monoisotopic (exact) mass is 403 g/mol. The van der Waals surface area contributed by atoms with Gasteiger partial charge < -0.3 is 9.15 Å². The van der Waals surface area contributed by atoms with Gasteiger partial charge >= 0.3 is 5.97 Å². The predicted octanol–water partition coefficient (Wildman–Crippen LogP) is 2.97. The van der Waals surface area contributed by atoms with Crippen LogP contribution in [0.15, 0.2) is 53.2 Å². The topological polar surface area (TPSA) is 103 Å². The summed E-state index contributed by atoms with van der Waals surface area (Å²) < 4.78 is 36.0. The SMILES string of the molecule is CCOC(=O)[C@@H]1C(=O)C=C(c2cccc(NS(C)(=O)=O)c2)C[C@@H]1c1ccco1. The first-order chi connectivity index (χ1) is 13.3. The van der Waals surface area contributed by atoms with E-state index in [1.807, 2.05) is 0 Å². The van der Waals surface area contributed by atoms with E-state index < -0.39 is 27.8 Å². The van der Waals surface area contributed by atoms with Crippen LogP contribution >= 0.6 is 0 Å². The summed E-state index contributed by atoms with van der Waals surface area (Å²) in [7, 11) is -3.42. The fourth-order valence-corrected chi connectivity index (χ4v) is 3.91. The van der Waals surface area contributed by atoms with Crippen LogP contribution in [0.2, 0.25) is 0 Å². The normalized spacial score (nSPS) is 19.8. The molecule has 8 heteroatoms. The molecule has 0 unspecified atom stereocenters. The number of anilines is 1. The molecule has 28 heavy (non-hydrogen) atoms. The lowest BCUT2D eigenvalue weighted by Gasteiger charge is -2.27. The average molecular weight is 403 g/mol. The third kappa shape index (κ3) is 4.51. The predicted molar refractivity (Wildman–Crippen MR) is 104 cm³/mol. The average Bonchev–Trinajstić information content (AvgIpc) is 3.14.